The molecule has 2 aromatic carbocycles. The van der Waals surface area contributed by atoms with Crippen LogP contribution in [0.3, 0.4) is 0 Å². The number of hydrogen-bond donors (Lipinski definition) is 5. The van der Waals surface area contributed by atoms with E-state index >= 15 is 0 Å². The van der Waals surface area contributed by atoms with E-state index in [9.17, 15) is 30.3 Å². The molecule has 8 heteroatoms. The van der Waals surface area contributed by atoms with E-state index in [-0.39, 0.29) is 17.4 Å². The summed E-state index contributed by atoms with van der Waals surface area (Å²) >= 11 is 0. The molecular formula is C23H24O8. The number of benzene rings is 2. The van der Waals surface area contributed by atoms with E-state index in [4.69, 9.17) is 9.47 Å². The summed E-state index contributed by atoms with van der Waals surface area (Å²) < 4.78 is 10.4. The average Bonchev–Trinajstić information content (AvgIpc) is 2.76. The minimum absolute atomic E-state index is 0.116. The van der Waals surface area contributed by atoms with Gasteiger partial charge >= 0.3 is 5.97 Å². The van der Waals surface area contributed by atoms with Crippen LogP contribution in [0.15, 0.2) is 67.3 Å². The second-order valence-electron chi connectivity index (χ2n) is 7.13. The van der Waals surface area contributed by atoms with Gasteiger partial charge in [-0.15, -0.1) is 6.58 Å². The molecule has 0 aliphatic carbocycles. The third-order valence-electron chi connectivity index (χ3n) is 4.99. The molecule has 0 saturated carbocycles. The fourth-order valence-electron chi connectivity index (χ4n) is 3.23. The van der Waals surface area contributed by atoms with Gasteiger partial charge in [0, 0.05) is 5.92 Å². The molecule has 0 spiro atoms. The van der Waals surface area contributed by atoms with Gasteiger partial charge in [-0.05, 0) is 35.4 Å². The third-order valence-corrected chi connectivity index (χ3v) is 4.99. The zero-order chi connectivity index (χ0) is 22.5. The van der Waals surface area contributed by atoms with Gasteiger partial charge in [-0.25, -0.2) is 4.79 Å². The summed E-state index contributed by atoms with van der Waals surface area (Å²) in [4.78, 5) is 11.4. The molecule has 0 amide bonds. The highest BCUT2D eigenvalue weighted by atomic mass is 16.7. The predicted molar refractivity (Wildman–Crippen MR) is 111 cm³/mol. The molecule has 8 nitrogen and oxygen atoms in total. The number of rotatable bonds is 7. The Hall–Kier alpha value is -3.17. The monoisotopic (exact) mass is 428 g/mol. The average molecular weight is 428 g/mol. The highest BCUT2D eigenvalue weighted by Gasteiger charge is 2.48. The Kier molecular flexibility index (Phi) is 7.09. The van der Waals surface area contributed by atoms with Gasteiger partial charge in [0.1, 0.15) is 23.7 Å². The molecule has 31 heavy (non-hydrogen) atoms. The summed E-state index contributed by atoms with van der Waals surface area (Å²) in [5.41, 5.74) is 1.81. The number of phenols is 1. The van der Waals surface area contributed by atoms with Crippen LogP contribution >= 0.6 is 0 Å². The SMILES string of the molecule is C=CC(C=Cc1ccc(O)cc1)c1ccc(OC2C(C(=O)O)OC(O)C(O)C2O)cc1. The zero-order valence-corrected chi connectivity index (χ0v) is 16.5. The largest absolute Gasteiger partial charge is 0.508 e. The van der Waals surface area contributed by atoms with Crippen LogP contribution in [0, 0.1) is 0 Å². The summed E-state index contributed by atoms with van der Waals surface area (Å²) in [6.07, 6.45) is -2.65. The van der Waals surface area contributed by atoms with Gasteiger partial charge in [-0.2, -0.15) is 0 Å². The maximum Gasteiger partial charge on any atom is 0.336 e. The quantitative estimate of drug-likeness (QED) is 0.420. The molecule has 1 aliphatic rings. The van der Waals surface area contributed by atoms with Gasteiger partial charge in [0.25, 0.3) is 0 Å². The van der Waals surface area contributed by atoms with Crippen molar-refractivity contribution in [2.45, 2.75) is 36.6 Å². The van der Waals surface area contributed by atoms with Crippen molar-refractivity contribution < 1.29 is 39.8 Å². The van der Waals surface area contributed by atoms with Crippen LogP contribution < -0.4 is 4.74 Å². The number of aliphatic hydroxyl groups is 3. The Morgan fingerprint density at radius 3 is 2.26 bits per heavy atom. The number of allylic oxidation sites excluding steroid dienone is 2. The molecule has 5 N–H and O–H groups in total. The number of aliphatic carboxylic acids is 1. The molecular weight excluding hydrogens is 404 g/mol. The molecule has 1 heterocycles. The Labute approximate surface area is 178 Å². The van der Waals surface area contributed by atoms with Crippen molar-refractivity contribution >= 4 is 12.0 Å². The van der Waals surface area contributed by atoms with Crippen LogP contribution in [0.25, 0.3) is 6.08 Å². The number of ether oxygens (including phenoxy) is 2. The van der Waals surface area contributed by atoms with E-state index in [1.807, 2.05) is 12.2 Å². The van der Waals surface area contributed by atoms with Crippen molar-refractivity contribution in [1.82, 2.24) is 0 Å². The zero-order valence-electron chi connectivity index (χ0n) is 16.5. The number of aliphatic hydroxyl groups excluding tert-OH is 3. The number of carbonyl (C=O) groups is 1. The Bertz CT molecular complexity index is 922. The van der Waals surface area contributed by atoms with E-state index in [0.717, 1.165) is 11.1 Å². The van der Waals surface area contributed by atoms with Crippen LogP contribution in [0.2, 0.25) is 0 Å². The Balaban J connectivity index is 1.73. The minimum atomic E-state index is -1.83. The Morgan fingerprint density at radius 1 is 1.03 bits per heavy atom. The molecule has 1 fully saturated rings. The number of carboxylic acid groups (broad SMARTS) is 1. The lowest BCUT2D eigenvalue weighted by molar-refractivity contribution is -0.275. The van der Waals surface area contributed by atoms with E-state index in [2.05, 4.69) is 6.58 Å². The fraction of sp³-hybridized carbons (Fsp3) is 0.261. The Morgan fingerprint density at radius 2 is 1.68 bits per heavy atom. The van der Waals surface area contributed by atoms with Crippen LogP contribution in [-0.2, 0) is 9.53 Å². The summed E-state index contributed by atoms with van der Waals surface area (Å²) in [6, 6.07) is 13.5. The first-order valence-corrected chi connectivity index (χ1v) is 9.59. The van der Waals surface area contributed by atoms with Gasteiger partial charge in [0.2, 0.25) is 0 Å². The fourth-order valence-corrected chi connectivity index (χ4v) is 3.23. The molecule has 2 aromatic rings. The van der Waals surface area contributed by atoms with Crippen LogP contribution in [0.5, 0.6) is 11.5 Å². The van der Waals surface area contributed by atoms with Crippen molar-refractivity contribution in [3.8, 4) is 11.5 Å². The highest BCUT2D eigenvalue weighted by molar-refractivity contribution is 5.73. The second-order valence-corrected chi connectivity index (χ2v) is 7.13. The first-order valence-electron chi connectivity index (χ1n) is 9.59. The van der Waals surface area contributed by atoms with Crippen molar-refractivity contribution in [3.05, 3.63) is 78.4 Å². The molecule has 0 bridgehead atoms. The maximum absolute atomic E-state index is 11.4. The number of aromatic hydroxyl groups is 1. The molecule has 0 radical (unpaired) electrons. The number of phenolic OH excluding ortho intramolecular Hbond substituents is 1. The molecule has 1 aliphatic heterocycles. The molecule has 164 valence electrons. The summed E-state index contributed by atoms with van der Waals surface area (Å²) in [5, 5.41) is 48.1. The van der Waals surface area contributed by atoms with E-state index in [0.29, 0.717) is 0 Å². The van der Waals surface area contributed by atoms with E-state index in [1.165, 1.54) is 0 Å². The van der Waals surface area contributed by atoms with Crippen LogP contribution in [-0.4, -0.2) is 62.2 Å². The van der Waals surface area contributed by atoms with Crippen molar-refractivity contribution in [2.24, 2.45) is 0 Å². The predicted octanol–water partition coefficient (Wildman–Crippen LogP) is 1.65. The van der Waals surface area contributed by atoms with Crippen molar-refractivity contribution in [1.29, 1.82) is 0 Å². The van der Waals surface area contributed by atoms with Gasteiger partial charge in [0.05, 0.1) is 0 Å². The van der Waals surface area contributed by atoms with Gasteiger partial charge in [-0.1, -0.05) is 42.5 Å². The highest BCUT2D eigenvalue weighted by Crippen LogP contribution is 2.27. The van der Waals surface area contributed by atoms with Gasteiger partial charge in [0.15, 0.2) is 18.5 Å². The van der Waals surface area contributed by atoms with Gasteiger partial charge < -0.3 is 35.0 Å². The van der Waals surface area contributed by atoms with Crippen molar-refractivity contribution in [2.75, 3.05) is 0 Å². The standard InChI is InChI=1S/C23H24O8/c1-2-14(6-3-13-4-9-16(24)10-5-13)15-7-11-17(12-8-15)30-20-18(25)19(26)23(29)31-21(20)22(27)28/h2-12,14,18-21,23-26,29H,1H2,(H,27,28). The molecule has 1 saturated heterocycles. The van der Waals surface area contributed by atoms with Crippen LogP contribution in [0.4, 0.5) is 0 Å². The first kappa shape index (κ1) is 22.5. The second kappa shape index (κ2) is 9.76. The minimum Gasteiger partial charge on any atom is -0.508 e. The van der Waals surface area contributed by atoms with Crippen LogP contribution in [0.1, 0.15) is 17.0 Å². The van der Waals surface area contributed by atoms with Crippen molar-refractivity contribution in [3.63, 3.8) is 0 Å². The lowest BCUT2D eigenvalue weighted by atomic mass is 9.97. The summed E-state index contributed by atoms with van der Waals surface area (Å²) in [6.45, 7) is 3.85. The van der Waals surface area contributed by atoms with E-state index in [1.54, 1.807) is 54.6 Å². The molecule has 3 rings (SSSR count). The number of carboxylic acids is 1. The first-order chi connectivity index (χ1) is 14.8. The maximum atomic E-state index is 11.4. The summed E-state index contributed by atoms with van der Waals surface area (Å²) in [7, 11) is 0. The lowest BCUT2D eigenvalue weighted by Gasteiger charge is -2.38. The van der Waals surface area contributed by atoms with Gasteiger partial charge in [-0.3, -0.25) is 0 Å². The molecule has 6 atom stereocenters. The topological polar surface area (TPSA) is 137 Å². The normalized spacial score (nSPS) is 27.0. The van der Waals surface area contributed by atoms with E-state index < -0.39 is 36.7 Å². The smallest absolute Gasteiger partial charge is 0.336 e. The third kappa shape index (κ3) is 5.31. The molecule has 0 aromatic heterocycles. The summed E-state index contributed by atoms with van der Waals surface area (Å²) in [5.74, 6) is -1.10. The lowest BCUT2D eigenvalue weighted by Crippen LogP contribution is -2.61. The molecule has 6 unspecified atom stereocenters. The number of hydrogen-bond acceptors (Lipinski definition) is 7.